The van der Waals surface area contributed by atoms with Crippen molar-refractivity contribution in [2.75, 3.05) is 7.11 Å². The van der Waals surface area contributed by atoms with Gasteiger partial charge in [-0.15, -0.1) is 11.6 Å². The fraction of sp³-hybridized carbons (Fsp3) is 0.278. The summed E-state index contributed by atoms with van der Waals surface area (Å²) >= 11 is 12.4. The molecule has 0 saturated carbocycles. The molecule has 0 heterocycles. The van der Waals surface area contributed by atoms with Gasteiger partial charge >= 0.3 is 5.97 Å². The van der Waals surface area contributed by atoms with Gasteiger partial charge in [0.15, 0.2) is 0 Å². The minimum atomic E-state index is -0.193. The van der Waals surface area contributed by atoms with Crippen LogP contribution in [0.25, 0.3) is 0 Å². The molecule has 1 unspecified atom stereocenters. The lowest BCUT2D eigenvalue weighted by molar-refractivity contribution is -0.140. The number of carbonyl (C=O) groups excluding carboxylic acids is 1. The second kappa shape index (κ2) is 8.21. The molecule has 0 fully saturated rings. The molecule has 2 aromatic rings. The second-order valence-corrected chi connectivity index (χ2v) is 5.96. The van der Waals surface area contributed by atoms with Crippen molar-refractivity contribution in [2.24, 2.45) is 0 Å². The number of rotatable bonds is 6. The molecule has 0 N–H and O–H groups in total. The summed E-state index contributed by atoms with van der Waals surface area (Å²) in [5.74, 6) is -0.166. The topological polar surface area (TPSA) is 26.3 Å². The van der Waals surface area contributed by atoms with E-state index in [1.807, 2.05) is 36.4 Å². The average Bonchev–Trinajstić information content (AvgIpc) is 2.55. The van der Waals surface area contributed by atoms with Gasteiger partial charge in [-0.3, -0.25) is 4.79 Å². The number of alkyl halides is 1. The summed E-state index contributed by atoms with van der Waals surface area (Å²) in [6, 6.07) is 15.7. The number of methoxy groups -OCH3 is 1. The van der Waals surface area contributed by atoms with E-state index in [0.717, 1.165) is 24.0 Å². The van der Waals surface area contributed by atoms with Crippen LogP contribution in [-0.2, 0) is 16.0 Å². The molecule has 0 bridgehead atoms. The van der Waals surface area contributed by atoms with Gasteiger partial charge in [-0.1, -0.05) is 48.0 Å². The van der Waals surface area contributed by atoms with E-state index >= 15 is 0 Å². The molecule has 0 aliphatic rings. The van der Waals surface area contributed by atoms with Gasteiger partial charge in [0.1, 0.15) is 0 Å². The molecule has 0 amide bonds. The molecule has 0 aromatic heterocycles. The van der Waals surface area contributed by atoms with E-state index in [2.05, 4.69) is 16.9 Å². The SMILES string of the molecule is COC(=O)CCCc1ccc(C(Cl)c2ccc(Cl)cc2)cc1. The van der Waals surface area contributed by atoms with Gasteiger partial charge < -0.3 is 4.74 Å². The summed E-state index contributed by atoms with van der Waals surface area (Å²) in [5.41, 5.74) is 3.25. The van der Waals surface area contributed by atoms with Gasteiger partial charge in [-0.2, -0.15) is 0 Å². The molecular formula is C18H18Cl2O2. The van der Waals surface area contributed by atoms with E-state index in [-0.39, 0.29) is 11.3 Å². The number of esters is 1. The molecule has 0 aliphatic heterocycles. The number of carbonyl (C=O) groups is 1. The van der Waals surface area contributed by atoms with Gasteiger partial charge in [0.25, 0.3) is 0 Å². The van der Waals surface area contributed by atoms with Crippen molar-refractivity contribution < 1.29 is 9.53 Å². The van der Waals surface area contributed by atoms with Crippen molar-refractivity contribution in [3.05, 3.63) is 70.2 Å². The Morgan fingerprint density at radius 2 is 1.59 bits per heavy atom. The van der Waals surface area contributed by atoms with E-state index in [0.29, 0.717) is 11.4 Å². The van der Waals surface area contributed by atoms with Crippen molar-refractivity contribution in [3.8, 4) is 0 Å². The molecule has 4 heteroatoms. The largest absolute Gasteiger partial charge is 0.469 e. The number of hydrogen-bond acceptors (Lipinski definition) is 2. The summed E-state index contributed by atoms with van der Waals surface area (Å²) in [7, 11) is 1.41. The van der Waals surface area contributed by atoms with Crippen LogP contribution >= 0.6 is 23.2 Å². The van der Waals surface area contributed by atoms with Crippen LogP contribution in [0.2, 0.25) is 5.02 Å². The van der Waals surface area contributed by atoms with Crippen LogP contribution in [0.4, 0.5) is 0 Å². The minimum Gasteiger partial charge on any atom is -0.469 e. The quantitative estimate of drug-likeness (QED) is 0.537. The number of ether oxygens (including phenoxy) is 1. The number of aryl methyl sites for hydroxylation is 1. The Kier molecular flexibility index (Phi) is 6.29. The smallest absolute Gasteiger partial charge is 0.305 e. The first-order valence-corrected chi connectivity index (χ1v) is 7.97. The average molecular weight is 337 g/mol. The molecule has 116 valence electrons. The first-order valence-electron chi connectivity index (χ1n) is 7.15. The highest BCUT2D eigenvalue weighted by Crippen LogP contribution is 2.29. The van der Waals surface area contributed by atoms with Crippen LogP contribution in [-0.4, -0.2) is 13.1 Å². The van der Waals surface area contributed by atoms with Crippen LogP contribution in [0, 0.1) is 0 Å². The van der Waals surface area contributed by atoms with Crippen LogP contribution < -0.4 is 0 Å². The van der Waals surface area contributed by atoms with E-state index in [9.17, 15) is 4.79 Å². The first kappa shape index (κ1) is 16.9. The Morgan fingerprint density at radius 1 is 1.05 bits per heavy atom. The fourth-order valence-electron chi connectivity index (χ4n) is 2.22. The van der Waals surface area contributed by atoms with E-state index in [1.54, 1.807) is 0 Å². The zero-order valence-corrected chi connectivity index (χ0v) is 13.9. The number of halogens is 2. The van der Waals surface area contributed by atoms with Crippen LogP contribution in [0.5, 0.6) is 0 Å². The molecule has 0 radical (unpaired) electrons. The molecule has 1 atom stereocenters. The maximum atomic E-state index is 11.1. The molecule has 2 aromatic carbocycles. The normalized spacial score (nSPS) is 12.0. The molecule has 22 heavy (non-hydrogen) atoms. The Morgan fingerprint density at radius 3 is 2.14 bits per heavy atom. The van der Waals surface area contributed by atoms with Crippen molar-refractivity contribution >= 4 is 29.2 Å². The van der Waals surface area contributed by atoms with E-state index in [4.69, 9.17) is 23.2 Å². The van der Waals surface area contributed by atoms with Gasteiger partial charge in [0.2, 0.25) is 0 Å². The Balaban J connectivity index is 1.96. The molecule has 0 spiro atoms. The third-order valence-electron chi connectivity index (χ3n) is 3.51. The third-order valence-corrected chi connectivity index (χ3v) is 4.26. The van der Waals surface area contributed by atoms with Gasteiger partial charge in [0, 0.05) is 11.4 Å². The Labute approximate surface area is 141 Å². The van der Waals surface area contributed by atoms with Crippen LogP contribution in [0.1, 0.15) is 34.9 Å². The van der Waals surface area contributed by atoms with Crippen molar-refractivity contribution in [1.29, 1.82) is 0 Å². The molecule has 0 saturated heterocycles. The van der Waals surface area contributed by atoms with Crippen molar-refractivity contribution in [3.63, 3.8) is 0 Å². The van der Waals surface area contributed by atoms with Gasteiger partial charge in [0.05, 0.1) is 12.5 Å². The summed E-state index contributed by atoms with van der Waals surface area (Å²) in [6.45, 7) is 0. The Bertz CT molecular complexity index is 606. The Hall–Kier alpha value is -1.51. The van der Waals surface area contributed by atoms with Gasteiger partial charge in [-0.05, 0) is 41.7 Å². The van der Waals surface area contributed by atoms with Crippen molar-refractivity contribution in [1.82, 2.24) is 0 Å². The van der Waals surface area contributed by atoms with Crippen LogP contribution in [0.15, 0.2) is 48.5 Å². The highest BCUT2D eigenvalue weighted by molar-refractivity contribution is 6.30. The molecular weight excluding hydrogens is 319 g/mol. The maximum Gasteiger partial charge on any atom is 0.305 e. The molecule has 2 nitrogen and oxygen atoms in total. The lowest BCUT2D eigenvalue weighted by Gasteiger charge is -2.11. The number of benzene rings is 2. The highest BCUT2D eigenvalue weighted by Gasteiger charge is 2.10. The van der Waals surface area contributed by atoms with E-state index < -0.39 is 0 Å². The maximum absolute atomic E-state index is 11.1. The monoisotopic (exact) mass is 336 g/mol. The van der Waals surface area contributed by atoms with Crippen molar-refractivity contribution in [2.45, 2.75) is 24.6 Å². The molecule has 0 aliphatic carbocycles. The summed E-state index contributed by atoms with van der Waals surface area (Å²) in [5, 5.41) is 0.509. The summed E-state index contributed by atoms with van der Waals surface area (Å²) in [4.78, 5) is 11.1. The zero-order valence-electron chi connectivity index (χ0n) is 12.4. The minimum absolute atomic E-state index is 0.166. The zero-order chi connectivity index (χ0) is 15.9. The number of hydrogen-bond donors (Lipinski definition) is 0. The van der Waals surface area contributed by atoms with Crippen LogP contribution in [0.3, 0.4) is 0 Å². The predicted octanol–water partition coefficient (Wildman–Crippen LogP) is 5.16. The standard InChI is InChI=1S/C18H18Cl2O2/c1-22-17(21)4-2-3-13-5-7-14(8-6-13)18(20)15-9-11-16(19)12-10-15/h5-12,18H,2-4H2,1H3. The highest BCUT2D eigenvalue weighted by atomic mass is 35.5. The second-order valence-electron chi connectivity index (χ2n) is 5.09. The van der Waals surface area contributed by atoms with Gasteiger partial charge in [-0.25, -0.2) is 0 Å². The lowest BCUT2D eigenvalue weighted by Crippen LogP contribution is -2.00. The third kappa shape index (κ3) is 4.75. The fourth-order valence-corrected chi connectivity index (χ4v) is 2.63. The summed E-state index contributed by atoms with van der Waals surface area (Å²) in [6.07, 6.45) is 2.08. The first-order chi connectivity index (χ1) is 10.6. The predicted molar refractivity (Wildman–Crippen MR) is 90.5 cm³/mol. The summed E-state index contributed by atoms with van der Waals surface area (Å²) < 4.78 is 4.63. The lowest BCUT2D eigenvalue weighted by atomic mass is 10.0. The molecule has 2 rings (SSSR count). The van der Waals surface area contributed by atoms with E-state index in [1.165, 1.54) is 12.7 Å².